The Morgan fingerprint density at radius 1 is 0.725 bits per heavy atom. The fourth-order valence-electron chi connectivity index (χ4n) is 7.01. The molecule has 4 aromatic rings. The predicted octanol–water partition coefficient (Wildman–Crippen LogP) is 10.4. The summed E-state index contributed by atoms with van der Waals surface area (Å²) in [5.41, 5.74) is 5.44. The molecule has 3 amide bonds. The highest BCUT2D eigenvalue weighted by Crippen LogP contribution is 2.28. The second kappa shape index (κ2) is 16.9. The van der Waals surface area contributed by atoms with Gasteiger partial charge in [0.15, 0.2) is 0 Å². The first-order chi connectivity index (χ1) is 24.7. The quantitative estimate of drug-likeness (QED) is 0.170. The number of pyridine rings is 1. The van der Waals surface area contributed by atoms with Crippen LogP contribution in [0.3, 0.4) is 0 Å². The van der Waals surface area contributed by atoms with Gasteiger partial charge in [0.05, 0.1) is 6.10 Å². The van der Waals surface area contributed by atoms with Crippen LogP contribution in [-0.4, -0.2) is 44.7 Å². The molecular weight excluding hydrogens is 636 g/mol. The standard InChI is InChI=1S/C43H52N4O4/c1-43(2,3)51-42(49)47(38-11-5-4-6-12-38)31-33-17-21-36(22-18-33)35-19-15-32(16-20-35)29-46(30-34-10-9-27-44-28-34)41(48)45-37-23-25-40(26-24-37)50-39-13-7-8-14-39/h9-10,15-28,38-39H,4-8,11-14,29-31H2,1-3H3,(H,45,48). The number of amides is 3. The van der Waals surface area contributed by atoms with E-state index in [0.29, 0.717) is 25.7 Å². The number of rotatable bonds is 11. The maximum absolute atomic E-state index is 13.6. The molecule has 268 valence electrons. The molecule has 3 aromatic carbocycles. The molecule has 0 radical (unpaired) electrons. The van der Waals surface area contributed by atoms with Crippen molar-refractivity contribution in [1.82, 2.24) is 14.8 Å². The van der Waals surface area contributed by atoms with Crippen molar-refractivity contribution in [3.8, 4) is 16.9 Å². The van der Waals surface area contributed by atoms with Crippen LogP contribution in [0.15, 0.2) is 97.3 Å². The van der Waals surface area contributed by atoms with Crippen LogP contribution >= 0.6 is 0 Å². The van der Waals surface area contributed by atoms with Gasteiger partial charge >= 0.3 is 12.1 Å². The minimum Gasteiger partial charge on any atom is -0.490 e. The van der Waals surface area contributed by atoms with E-state index in [1.165, 1.54) is 19.3 Å². The van der Waals surface area contributed by atoms with Crippen LogP contribution in [0.4, 0.5) is 15.3 Å². The van der Waals surface area contributed by atoms with Crippen molar-refractivity contribution in [3.63, 3.8) is 0 Å². The minimum atomic E-state index is -0.532. The Hall–Kier alpha value is -4.85. The van der Waals surface area contributed by atoms with Gasteiger partial charge in [0.2, 0.25) is 0 Å². The SMILES string of the molecule is CC(C)(C)OC(=O)N(Cc1ccc(-c2ccc(CN(Cc3cccnc3)C(=O)Nc3ccc(OC4CCCC4)cc3)cc2)cc1)C1CCCCC1. The zero-order chi connectivity index (χ0) is 35.6. The third kappa shape index (κ3) is 10.6. The summed E-state index contributed by atoms with van der Waals surface area (Å²) in [6.07, 6.45) is 13.8. The Morgan fingerprint density at radius 3 is 1.90 bits per heavy atom. The van der Waals surface area contributed by atoms with Crippen molar-refractivity contribution in [3.05, 3.63) is 114 Å². The number of ether oxygens (including phenoxy) is 2. The van der Waals surface area contributed by atoms with Crippen molar-refractivity contribution in [1.29, 1.82) is 0 Å². The van der Waals surface area contributed by atoms with Crippen molar-refractivity contribution in [2.45, 2.75) is 116 Å². The van der Waals surface area contributed by atoms with Gasteiger partial charge in [0, 0.05) is 43.8 Å². The lowest BCUT2D eigenvalue weighted by molar-refractivity contribution is 0.00988. The number of carbonyl (C=O) groups excluding carboxylic acids is 2. The third-order valence-electron chi connectivity index (χ3n) is 9.71. The molecule has 0 aliphatic heterocycles. The highest BCUT2D eigenvalue weighted by Gasteiger charge is 2.29. The molecule has 2 aliphatic carbocycles. The van der Waals surface area contributed by atoms with Gasteiger partial charge in [0.1, 0.15) is 11.4 Å². The monoisotopic (exact) mass is 688 g/mol. The number of urea groups is 1. The van der Waals surface area contributed by atoms with Gasteiger partial charge in [-0.25, -0.2) is 9.59 Å². The molecule has 2 saturated carbocycles. The molecule has 2 aliphatic rings. The fourth-order valence-corrected chi connectivity index (χ4v) is 7.01. The van der Waals surface area contributed by atoms with Crippen molar-refractivity contribution in [2.24, 2.45) is 0 Å². The fraction of sp³-hybridized carbons (Fsp3) is 0.419. The number of nitrogens with zero attached hydrogens (tertiary/aromatic N) is 3. The van der Waals surface area contributed by atoms with Gasteiger partial charge in [-0.1, -0.05) is 73.9 Å². The lowest BCUT2D eigenvalue weighted by Crippen LogP contribution is -2.43. The van der Waals surface area contributed by atoms with E-state index >= 15 is 0 Å². The van der Waals surface area contributed by atoms with Crippen LogP contribution in [0.25, 0.3) is 11.1 Å². The molecule has 1 aromatic heterocycles. The predicted molar refractivity (Wildman–Crippen MR) is 202 cm³/mol. The molecule has 6 rings (SSSR count). The number of hydrogen-bond acceptors (Lipinski definition) is 5. The summed E-state index contributed by atoms with van der Waals surface area (Å²) < 4.78 is 11.9. The largest absolute Gasteiger partial charge is 0.490 e. The van der Waals surface area contributed by atoms with Crippen molar-refractivity contribution >= 4 is 17.8 Å². The van der Waals surface area contributed by atoms with Crippen LogP contribution in [0.5, 0.6) is 5.75 Å². The zero-order valence-electron chi connectivity index (χ0n) is 30.4. The Balaban J connectivity index is 1.10. The molecule has 0 bridgehead atoms. The average molecular weight is 689 g/mol. The summed E-state index contributed by atoms with van der Waals surface area (Å²) >= 11 is 0. The van der Waals surface area contributed by atoms with E-state index in [-0.39, 0.29) is 18.2 Å². The zero-order valence-corrected chi connectivity index (χ0v) is 30.4. The summed E-state index contributed by atoms with van der Waals surface area (Å²) in [6.45, 7) is 7.15. The van der Waals surface area contributed by atoms with Gasteiger partial charge in [-0.3, -0.25) is 4.98 Å². The van der Waals surface area contributed by atoms with E-state index < -0.39 is 5.60 Å². The minimum absolute atomic E-state index is 0.184. The molecule has 0 unspecified atom stereocenters. The normalized spacial score (nSPS) is 15.3. The van der Waals surface area contributed by atoms with Crippen LogP contribution in [0, 0.1) is 0 Å². The Labute approximate surface area is 303 Å². The summed E-state index contributed by atoms with van der Waals surface area (Å²) in [5.74, 6) is 0.837. The number of carbonyl (C=O) groups is 2. The molecule has 0 spiro atoms. The topological polar surface area (TPSA) is 84.0 Å². The van der Waals surface area contributed by atoms with Gasteiger partial charge in [-0.05, 0) is 117 Å². The summed E-state index contributed by atoms with van der Waals surface area (Å²) in [7, 11) is 0. The highest BCUT2D eigenvalue weighted by molar-refractivity contribution is 5.89. The number of anilines is 1. The molecule has 1 heterocycles. The molecule has 1 N–H and O–H groups in total. The van der Waals surface area contributed by atoms with Gasteiger partial charge in [0.25, 0.3) is 0 Å². The van der Waals surface area contributed by atoms with E-state index in [2.05, 4.69) is 58.8 Å². The molecular formula is C43H52N4O4. The highest BCUT2D eigenvalue weighted by atomic mass is 16.6. The Bertz CT molecular complexity index is 1690. The van der Waals surface area contributed by atoms with E-state index in [1.54, 1.807) is 17.3 Å². The number of hydrogen-bond donors (Lipinski definition) is 1. The second-order valence-corrected chi connectivity index (χ2v) is 15.0. The lowest BCUT2D eigenvalue weighted by Gasteiger charge is -2.35. The van der Waals surface area contributed by atoms with Crippen LogP contribution in [-0.2, 0) is 24.4 Å². The molecule has 0 saturated heterocycles. The van der Waals surface area contributed by atoms with E-state index in [0.717, 1.165) is 77.8 Å². The lowest BCUT2D eigenvalue weighted by atomic mass is 9.94. The van der Waals surface area contributed by atoms with E-state index in [9.17, 15) is 9.59 Å². The van der Waals surface area contributed by atoms with Crippen LogP contribution < -0.4 is 10.1 Å². The number of aromatic nitrogens is 1. The van der Waals surface area contributed by atoms with Crippen LogP contribution in [0.2, 0.25) is 0 Å². The Morgan fingerprint density at radius 2 is 1.31 bits per heavy atom. The number of benzene rings is 3. The maximum atomic E-state index is 13.6. The Kier molecular flexibility index (Phi) is 11.9. The average Bonchev–Trinajstić information content (AvgIpc) is 3.65. The molecule has 2 fully saturated rings. The van der Waals surface area contributed by atoms with E-state index in [4.69, 9.17) is 9.47 Å². The van der Waals surface area contributed by atoms with Crippen molar-refractivity contribution in [2.75, 3.05) is 5.32 Å². The third-order valence-corrected chi connectivity index (χ3v) is 9.71. The summed E-state index contributed by atoms with van der Waals surface area (Å²) in [6, 6.07) is 28.4. The maximum Gasteiger partial charge on any atom is 0.410 e. The molecule has 8 heteroatoms. The van der Waals surface area contributed by atoms with Crippen LogP contribution in [0.1, 0.15) is 95.2 Å². The smallest absolute Gasteiger partial charge is 0.410 e. The molecule has 51 heavy (non-hydrogen) atoms. The first-order valence-electron chi connectivity index (χ1n) is 18.6. The number of nitrogens with one attached hydrogen (secondary N) is 1. The summed E-state index contributed by atoms with van der Waals surface area (Å²) in [5, 5.41) is 3.08. The molecule has 0 atom stereocenters. The van der Waals surface area contributed by atoms with Gasteiger partial charge in [-0.2, -0.15) is 0 Å². The van der Waals surface area contributed by atoms with Crippen molar-refractivity contribution < 1.29 is 19.1 Å². The summed E-state index contributed by atoms with van der Waals surface area (Å²) in [4.78, 5) is 34.8. The van der Waals surface area contributed by atoms with Gasteiger partial charge < -0.3 is 24.6 Å². The second-order valence-electron chi connectivity index (χ2n) is 15.0. The van der Waals surface area contributed by atoms with Gasteiger partial charge in [-0.15, -0.1) is 0 Å². The molecule has 8 nitrogen and oxygen atoms in total. The first-order valence-corrected chi connectivity index (χ1v) is 18.6. The van der Waals surface area contributed by atoms with E-state index in [1.807, 2.05) is 62.1 Å². The first kappa shape index (κ1) is 36.0.